The number of nitrogens with one attached hydrogen (secondary N) is 2. The Morgan fingerprint density at radius 1 is 1.26 bits per heavy atom. The van der Waals surface area contributed by atoms with E-state index in [0.717, 1.165) is 11.4 Å². The predicted molar refractivity (Wildman–Crippen MR) is 67.9 cm³/mol. The first-order valence-electron chi connectivity index (χ1n) is 5.63. The maximum atomic E-state index is 11.3. The van der Waals surface area contributed by atoms with Gasteiger partial charge in [0.05, 0.1) is 17.8 Å². The van der Waals surface area contributed by atoms with Crippen molar-refractivity contribution < 1.29 is 9.42 Å². The van der Waals surface area contributed by atoms with Gasteiger partial charge >= 0.3 is 0 Å². The van der Waals surface area contributed by atoms with E-state index in [-0.39, 0.29) is 12.2 Å². The molecule has 0 saturated heterocycles. The molecule has 0 unspecified atom stereocenters. The van der Waals surface area contributed by atoms with Crippen LogP contribution in [-0.2, 0) is 10.5 Å². The lowest BCUT2D eigenvalue weighted by Crippen LogP contribution is -2.43. The topological polar surface area (TPSA) is 132 Å². The smallest absolute Gasteiger partial charge is 0.222 e. The van der Waals surface area contributed by atoms with Crippen molar-refractivity contribution in [3.63, 3.8) is 0 Å². The van der Waals surface area contributed by atoms with Crippen LogP contribution in [0.4, 0.5) is 17.2 Å². The summed E-state index contributed by atoms with van der Waals surface area (Å²) in [4.78, 5) is 11.3. The highest BCUT2D eigenvalue weighted by atomic mass is 16.6. The molecule has 0 spiro atoms. The molecule has 98 valence electrons. The van der Waals surface area contributed by atoms with Crippen molar-refractivity contribution in [2.45, 2.75) is 12.1 Å². The van der Waals surface area contributed by atoms with Crippen molar-refractivity contribution in [3.8, 4) is 0 Å². The highest BCUT2D eigenvalue weighted by Crippen LogP contribution is 2.41. The molecule has 0 radical (unpaired) electrons. The second-order valence-corrected chi connectivity index (χ2v) is 4.34. The third kappa shape index (κ3) is 1.73. The van der Waals surface area contributed by atoms with Gasteiger partial charge in [0.15, 0.2) is 17.2 Å². The molecule has 1 aliphatic rings. The van der Waals surface area contributed by atoms with Crippen molar-refractivity contribution in [3.05, 3.63) is 30.0 Å². The number of aromatic nitrogens is 2. The van der Waals surface area contributed by atoms with Gasteiger partial charge in [0.1, 0.15) is 0 Å². The molecular weight excluding hydrogens is 248 g/mol. The van der Waals surface area contributed by atoms with E-state index in [1.165, 1.54) is 0 Å². The first kappa shape index (κ1) is 11.3. The molecule has 2 heterocycles. The number of hydrogen-bond donors (Lipinski definition) is 4. The third-order valence-corrected chi connectivity index (χ3v) is 2.98. The summed E-state index contributed by atoms with van der Waals surface area (Å²) in [5.74, 6) is -0.399. The van der Waals surface area contributed by atoms with E-state index in [9.17, 15) is 4.79 Å². The van der Waals surface area contributed by atoms with E-state index in [2.05, 4.69) is 25.6 Å². The van der Waals surface area contributed by atoms with Crippen LogP contribution in [0.5, 0.6) is 0 Å². The number of rotatable bonds is 3. The van der Waals surface area contributed by atoms with Gasteiger partial charge in [-0.2, -0.15) is 0 Å². The van der Waals surface area contributed by atoms with Crippen molar-refractivity contribution in [1.82, 2.24) is 10.3 Å². The molecule has 19 heavy (non-hydrogen) atoms. The Hall–Kier alpha value is -2.77. The number of nitrogen functional groups attached to an aromatic ring is 1. The highest BCUT2D eigenvalue weighted by molar-refractivity contribution is 5.83. The van der Waals surface area contributed by atoms with Crippen molar-refractivity contribution in [1.29, 1.82) is 0 Å². The molecule has 6 N–H and O–H groups in total. The van der Waals surface area contributed by atoms with Gasteiger partial charge in [-0.05, 0) is 22.4 Å². The highest BCUT2D eigenvalue weighted by Gasteiger charge is 2.44. The fourth-order valence-electron chi connectivity index (χ4n) is 2.24. The summed E-state index contributed by atoms with van der Waals surface area (Å²) in [6, 6.07) is 7.49. The summed E-state index contributed by atoms with van der Waals surface area (Å²) in [7, 11) is 0. The molecule has 1 aromatic heterocycles. The van der Waals surface area contributed by atoms with E-state index >= 15 is 0 Å². The van der Waals surface area contributed by atoms with E-state index in [4.69, 9.17) is 11.5 Å². The van der Waals surface area contributed by atoms with Crippen LogP contribution in [0, 0.1) is 0 Å². The normalized spacial score (nSPS) is 15.4. The lowest BCUT2D eigenvalue weighted by molar-refractivity contribution is -0.118. The van der Waals surface area contributed by atoms with Crippen LogP contribution in [0.2, 0.25) is 0 Å². The summed E-state index contributed by atoms with van der Waals surface area (Å²) < 4.78 is 4.61. The molecule has 0 bridgehead atoms. The second-order valence-electron chi connectivity index (χ2n) is 4.34. The van der Waals surface area contributed by atoms with Gasteiger partial charge in [0.25, 0.3) is 0 Å². The Morgan fingerprint density at radius 2 is 1.89 bits per heavy atom. The number of amides is 1. The Bertz CT molecular complexity index is 613. The largest absolute Gasteiger partial charge is 0.379 e. The number of nitrogens with two attached hydrogens (primary N) is 2. The molecule has 0 aliphatic carbocycles. The number of hydrogen-bond acceptors (Lipinski definition) is 7. The number of carbonyl (C=O) groups excluding carboxylic acids is 1. The van der Waals surface area contributed by atoms with E-state index < -0.39 is 11.6 Å². The van der Waals surface area contributed by atoms with E-state index in [1.807, 2.05) is 24.3 Å². The summed E-state index contributed by atoms with van der Waals surface area (Å²) >= 11 is 0. The van der Waals surface area contributed by atoms with Gasteiger partial charge in [-0.1, -0.05) is 12.1 Å². The second kappa shape index (κ2) is 3.87. The Morgan fingerprint density at radius 3 is 2.37 bits per heavy atom. The van der Waals surface area contributed by atoms with Crippen LogP contribution in [0.15, 0.2) is 28.9 Å². The molecule has 1 aliphatic heterocycles. The number of para-hydroxylation sites is 2. The zero-order chi connectivity index (χ0) is 13.5. The lowest BCUT2D eigenvalue weighted by Gasteiger charge is -2.27. The van der Waals surface area contributed by atoms with Crippen LogP contribution in [-0.4, -0.2) is 16.2 Å². The quantitative estimate of drug-likeness (QED) is 0.620. The molecule has 0 fully saturated rings. The standard InChI is InChI=1S/C11H12N6O2/c12-8(18)5-11(9-10(13)17-19-16-9)14-6-3-1-2-4-7(6)15-11/h1-4,14-15H,5H2,(H2,12,18)(H2,13,17). The van der Waals surface area contributed by atoms with Gasteiger partial charge in [-0.25, -0.2) is 4.63 Å². The first-order valence-corrected chi connectivity index (χ1v) is 5.63. The Balaban J connectivity index is 2.07. The average molecular weight is 260 g/mol. The third-order valence-electron chi connectivity index (χ3n) is 2.98. The number of fused-ring (bicyclic) bond motifs is 1. The summed E-state index contributed by atoms with van der Waals surface area (Å²) in [5, 5.41) is 13.6. The van der Waals surface area contributed by atoms with Crippen molar-refractivity contribution in [2.24, 2.45) is 5.73 Å². The minimum Gasteiger partial charge on any atom is -0.379 e. The van der Waals surface area contributed by atoms with Crippen molar-refractivity contribution in [2.75, 3.05) is 16.4 Å². The number of benzene rings is 1. The Labute approximate surface area is 108 Å². The summed E-state index contributed by atoms with van der Waals surface area (Å²) in [6.07, 6.45) is -0.0416. The van der Waals surface area contributed by atoms with E-state index in [1.54, 1.807) is 0 Å². The van der Waals surface area contributed by atoms with Crippen LogP contribution in [0.25, 0.3) is 0 Å². The minimum absolute atomic E-state index is 0.0416. The fourth-order valence-corrected chi connectivity index (χ4v) is 2.24. The van der Waals surface area contributed by atoms with Crippen LogP contribution in [0.3, 0.4) is 0 Å². The predicted octanol–water partition coefficient (Wildman–Crippen LogP) is 0.218. The number of primary amides is 1. The van der Waals surface area contributed by atoms with Crippen LogP contribution < -0.4 is 22.1 Å². The van der Waals surface area contributed by atoms with Gasteiger partial charge < -0.3 is 22.1 Å². The molecular formula is C11H12N6O2. The Kier molecular flexibility index (Phi) is 2.31. The fraction of sp³-hybridized carbons (Fsp3) is 0.182. The number of anilines is 3. The maximum Gasteiger partial charge on any atom is 0.222 e. The molecule has 1 amide bonds. The molecule has 2 aromatic rings. The monoisotopic (exact) mass is 260 g/mol. The first-order chi connectivity index (χ1) is 9.11. The van der Waals surface area contributed by atoms with Gasteiger partial charge in [-0.3, -0.25) is 4.79 Å². The molecule has 0 atom stereocenters. The summed E-state index contributed by atoms with van der Waals surface area (Å²) in [6.45, 7) is 0. The van der Waals surface area contributed by atoms with Crippen LogP contribution in [0.1, 0.15) is 12.1 Å². The SMILES string of the molecule is NC(=O)CC1(c2nonc2N)Nc2ccccc2N1. The van der Waals surface area contributed by atoms with Gasteiger partial charge in [-0.15, -0.1) is 0 Å². The molecule has 8 nitrogen and oxygen atoms in total. The molecule has 8 heteroatoms. The maximum absolute atomic E-state index is 11.3. The van der Waals surface area contributed by atoms with E-state index in [0.29, 0.717) is 5.69 Å². The molecule has 3 rings (SSSR count). The number of carbonyl (C=O) groups is 1. The van der Waals surface area contributed by atoms with Crippen molar-refractivity contribution >= 4 is 23.1 Å². The van der Waals surface area contributed by atoms with Crippen LogP contribution >= 0.6 is 0 Å². The molecule has 0 saturated carbocycles. The lowest BCUT2D eigenvalue weighted by atomic mass is 10.0. The average Bonchev–Trinajstić information content (AvgIpc) is 2.91. The zero-order valence-electron chi connectivity index (χ0n) is 9.88. The zero-order valence-corrected chi connectivity index (χ0v) is 9.88. The van der Waals surface area contributed by atoms with Gasteiger partial charge in [0, 0.05) is 0 Å². The number of nitrogens with zero attached hydrogens (tertiary/aromatic N) is 2. The minimum atomic E-state index is -1.03. The molecule has 1 aromatic carbocycles. The van der Waals surface area contributed by atoms with Gasteiger partial charge in [0.2, 0.25) is 5.91 Å². The summed E-state index contributed by atoms with van der Waals surface area (Å²) in [5.41, 5.74) is 12.0.